The summed E-state index contributed by atoms with van der Waals surface area (Å²) in [5.41, 5.74) is 2.34. The summed E-state index contributed by atoms with van der Waals surface area (Å²) in [7, 11) is 4.09. The predicted molar refractivity (Wildman–Crippen MR) is 100 cm³/mol. The zero-order chi connectivity index (χ0) is 18.2. The Kier molecular flexibility index (Phi) is 6.65. The lowest BCUT2D eigenvalue weighted by Gasteiger charge is -2.11. The molecule has 0 fully saturated rings. The monoisotopic (exact) mass is 340 g/mol. The highest BCUT2D eigenvalue weighted by Gasteiger charge is 2.09. The zero-order valence-electron chi connectivity index (χ0n) is 14.9. The number of hydrogen-bond donors (Lipinski definition) is 2. The van der Waals surface area contributed by atoms with E-state index < -0.39 is 0 Å². The summed E-state index contributed by atoms with van der Waals surface area (Å²) < 4.78 is 0. The molecular formula is C19H24N4O2. The third-order valence-electron chi connectivity index (χ3n) is 3.63. The maximum absolute atomic E-state index is 12.3. The Morgan fingerprint density at radius 1 is 1.12 bits per heavy atom. The van der Waals surface area contributed by atoms with E-state index in [2.05, 4.69) is 20.5 Å². The third-order valence-corrected chi connectivity index (χ3v) is 3.63. The SMILES string of the molecule is CC(=O)c1cccc(NC(=O)c2ccc(NCCCN(C)C)cn2)c1. The molecule has 0 saturated carbocycles. The molecule has 1 amide bonds. The Morgan fingerprint density at radius 3 is 2.56 bits per heavy atom. The van der Waals surface area contributed by atoms with Gasteiger partial charge < -0.3 is 15.5 Å². The summed E-state index contributed by atoms with van der Waals surface area (Å²) in [4.78, 5) is 30.0. The van der Waals surface area contributed by atoms with Crippen molar-refractivity contribution >= 4 is 23.1 Å². The smallest absolute Gasteiger partial charge is 0.274 e. The van der Waals surface area contributed by atoms with Crippen LogP contribution >= 0.6 is 0 Å². The third kappa shape index (κ3) is 6.00. The van der Waals surface area contributed by atoms with Crippen LogP contribution in [0.3, 0.4) is 0 Å². The van der Waals surface area contributed by atoms with Crippen molar-refractivity contribution in [1.82, 2.24) is 9.88 Å². The molecule has 2 aromatic rings. The summed E-state index contributed by atoms with van der Waals surface area (Å²) in [6.07, 6.45) is 2.68. The first-order valence-electron chi connectivity index (χ1n) is 8.22. The van der Waals surface area contributed by atoms with Crippen LogP contribution in [0.1, 0.15) is 34.2 Å². The molecule has 0 spiro atoms. The number of anilines is 2. The number of nitrogens with zero attached hydrogens (tertiary/aromatic N) is 2. The fourth-order valence-corrected chi connectivity index (χ4v) is 2.27. The molecule has 0 bridgehead atoms. The van der Waals surface area contributed by atoms with E-state index in [0.29, 0.717) is 16.9 Å². The molecule has 2 N–H and O–H groups in total. The van der Waals surface area contributed by atoms with Gasteiger partial charge in [0.05, 0.1) is 11.9 Å². The molecule has 2 rings (SSSR count). The van der Waals surface area contributed by atoms with Crippen LogP contribution in [-0.2, 0) is 0 Å². The van der Waals surface area contributed by atoms with E-state index in [-0.39, 0.29) is 11.7 Å². The minimum Gasteiger partial charge on any atom is -0.384 e. The first-order valence-corrected chi connectivity index (χ1v) is 8.22. The minimum atomic E-state index is -0.306. The van der Waals surface area contributed by atoms with Crippen LogP contribution in [0.15, 0.2) is 42.6 Å². The molecule has 1 aromatic carbocycles. The lowest BCUT2D eigenvalue weighted by Crippen LogP contribution is -2.17. The Balaban J connectivity index is 1.92. The number of pyridine rings is 1. The largest absolute Gasteiger partial charge is 0.384 e. The molecule has 6 heteroatoms. The number of benzene rings is 1. The van der Waals surface area contributed by atoms with E-state index in [1.807, 2.05) is 20.2 Å². The van der Waals surface area contributed by atoms with Crippen molar-refractivity contribution in [2.45, 2.75) is 13.3 Å². The average Bonchev–Trinajstić information content (AvgIpc) is 2.59. The maximum Gasteiger partial charge on any atom is 0.274 e. The van der Waals surface area contributed by atoms with E-state index in [0.717, 1.165) is 25.2 Å². The second kappa shape index (κ2) is 8.94. The standard InChI is InChI=1S/C19H24N4O2/c1-14(24)15-6-4-7-16(12-15)22-19(25)18-9-8-17(13-21-18)20-10-5-11-23(2)3/h4,6-9,12-13,20H,5,10-11H2,1-3H3,(H,22,25). The molecular weight excluding hydrogens is 316 g/mol. The van der Waals surface area contributed by atoms with Crippen molar-refractivity contribution in [2.75, 3.05) is 37.8 Å². The Bertz CT molecular complexity index is 726. The Morgan fingerprint density at radius 2 is 1.92 bits per heavy atom. The van der Waals surface area contributed by atoms with Gasteiger partial charge in [0, 0.05) is 17.8 Å². The van der Waals surface area contributed by atoms with Gasteiger partial charge in [-0.3, -0.25) is 9.59 Å². The van der Waals surface area contributed by atoms with Gasteiger partial charge in [0.25, 0.3) is 5.91 Å². The second-order valence-electron chi connectivity index (χ2n) is 6.11. The fraction of sp³-hybridized carbons (Fsp3) is 0.316. The van der Waals surface area contributed by atoms with Gasteiger partial charge in [-0.1, -0.05) is 12.1 Å². The Labute approximate surface area is 148 Å². The van der Waals surface area contributed by atoms with E-state index in [9.17, 15) is 9.59 Å². The maximum atomic E-state index is 12.3. The van der Waals surface area contributed by atoms with E-state index >= 15 is 0 Å². The lowest BCUT2D eigenvalue weighted by molar-refractivity contribution is 0.100. The summed E-state index contributed by atoms with van der Waals surface area (Å²) >= 11 is 0. The highest BCUT2D eigenvalue weighted by Crippen LogP contribution is 2.13. The molecule has 0 saturated heterocycles. The quantitative estimate of drug-likeness (QED) is 0.571. The summed E-state index contributed by atoms with van der Waals surface area (Å²) in [6, 6.07) is 10.4. The summed E-state index contributed by atoms with van der Waals surface area (Å²) in [5.74, 6) is -0.348. The highest BCUT2D eigenvalue weighted by atomic mass is 16.2. The summed E-state index contributed by atoms with van der Waals surface area (Å²) in [5, 5.41) is 6.04. The van der Waals surface area contributed by atoms with Gasteiger partial charge in [-0.2, -0.15) is 0 Å². The van der Waals surface area contributed by atoms with Crippen LogP contribution < -0.4 is 10.6 Å². The van der Waals surface area contributed by atoms with Crippen molar-refractivity contribution < 1.29 is 9.59 Å². The van der Waals surface area contributed by atoms with Gasteiger partial charge in [0.1, 0.15) is 5.69 Å². The number of carbonyl (C=O) groups excluding carboxylic acids is 2. The van der Waals surface area contributed by atoms with Crippen LogP contribution in [0.2, 0.25) is 0 Å². The van der Waals surface area contributed by atoms with Crippen molar-refractivity contribution in [3.8, 4) is 0 Å². The lowest BCUT2D eigenvalue weighted by atomic mass is 10.1. The molecule has 0 radical (unpaired) electrons. The van der Waals surface area contributed by atoms with Gasteiger partial charge in [0.2, 0.25) is 0 Å². The van der Waals surface area contributed by atoms with Gasteiger partial charge in [0.15, 0.2) is 5.78 Å². The van der Waals surface area contributed by atoms with Crippen LogP contribution in [0.25, 0.3) is 0 Å². The number of nitrogens with one attached hydrogen (secondary N) is 2. The molecule has 0 aliphatic rings. The molecule has 132 valence electrons. The van der Waals surface area contributed by atoms with E-state index in [4.69, 9.17) is 0 Å². The van der Waals surface area contributed by atoms with E-state index in [1.54, 1.807) is 36.5 Å². The normalized spacial score (nSPS) is 10.6. The van der Waals surface area contributed by atoms with Gasteiger partial charge in [-0.15, -0.1) is 0 Å². The minimum absolute atomic E-state index is 0.0427. The van der Waals surface area contributed by atoms with Crippen molar-refractivity contribution in [2.24, 2.45) is 0 Å². The topological polar surface area (TPSA) is 74.3 Å². The Hall–Kier alpha value is -2.73. The number of aromatic nitrogens is 1. The molecule has 25 heavy (non-hydrogen) atoms. The average molecular weight is 340 g/mol. The van der Waals surface area contributed by atoms with Gasteiger partial charge >= 0.3 is 0 Å². The van der Waals surface area contributed by atoms with Crippen molar-refractivity contribution in [3.05, 3.63) is 53.9 Å². The number of ketones is 1. The molecule has 0 atom stereocenters. The number of rotatable bonds is 8. The van der Waals surface area contributed by atoms with Crippen LogP contribution in [-0.4, -0.2) is 48.8 Å². The highest BCUT2D eigenvalue weighted by molar-refractivity contribution is 6.04. The fourth-order valence-electron chi connectivity index (χ4n) is 2.27. The molecule has 6 nitrogen and oxygen atoms in total. The molecule has 1 heterocycles. The molecule has 0 aliphatic heterocycles. The zero-order valence-corrected chi connectivity index (χ0v) is 14.9. The van der Waals surface area contributed by atoms with E-state index in [1.165, 1.54) is 6.92 Å². The van der Waals surface area contributed by atoms with Crippen molar-refractivity contribution in [3.63, 3.8) is 0 Å². The molecule has 0 unspecified atom stereocenters. The second-order valence-corrected chi connectivity index (χ2v) is 6.11. The molecule has 0 aliphatic carbocycles. The molecule has 1 aromatic heterocycles. The first-order chi connectivity index (χ1) is 12.0. The van der Waals surface area contributed by atoms with Crippen LogP contribution in [0, 0.1) is 0 Å². The van der Waals surface area contributed by atoms with Gasteiger partial charge in [-0.25, -0.2) is 4.98 Å². The van der Waals surface area contributed by atoms with Crippen molar-refractivity contribution in [1.29, 1.82) is 0 Å². The summed E-state index contributed by atoms with van der Waals surface area (Å²) in [6.45, 7) is 3.36. The van der Waals surface area contributed by atoms with Gasteiger partial charge in [-0.05, 0) is 58.3 Å². The van der Waals surface area contributed by atoms with Crippen LogP contribution in [0.5, 0.6) is 0 Å². The number of amides is 1. The predicted octanol–water partition coefficient (Wildman–Crippen LogP) is 2.90. The number of Topliss-reactive ketones (excluding diaryl/α,β-unsaturated/α-hetero) is 1. The first kappa shape index (κ1) is 18.6. The number of carbonyl (C=O) groups is 2. The number of hydrogen-bond acceptors (Lipinski definition) is 5. The van der Waals surface area contributed by atoms with Crippen LogP contribution in [0.4, 0.5) is 11.4 Å².